The zero-order valence-electron chi connectivity index (χ0n) is 28.5. The SMILES string of the molecule is CCOC(=O)C1=NOC2(CCN(c3ccc(-c4nc5nc(-c6cccc(C(F)(F)F)c6)cc(N(C)CC6(COC)CCC6)c5[nH]4)cc3)CC2)C1. The average molecular weight is 691 g/mol. The van der Waals surface area contributed by atoms with E-state index in [1.165, 1.54) is 6.07 Å². The Hall–Kier alpha value is -4.65. The van der Waals surface area contributed by atoms with Crippen molar-refractivity contribution < 1.29 is 32.3 Å². The number of carbonyl (C=O) groups excluding carboxylic acids is 1. The van der Waals surface area contributed by atoms with Crippen molar-refractivity contribution >= 4 is 34.2 Å². The number of fused-ring (bicyclic) bond motifs is 1. The molecule has 0 amide bonds. The molecule has 4 aromatic rings. The van der Waals surface area contributed by atoms with Gasteiger partial charge >= 0.3 is 12.1 Å². The molecule has 2 aromatic carbocycles. The van der Waals surface area contributed by atoms with E-state index >= 15 is 0 Å². The topological polar surface area (TPSA) is 105 Å². The van der Waals surface area contributed by atoms with Crippen molar-refractivity contribution in [2.45, 2.75) is 57.2 Å². The number of imidazole rings is 1. The monoisotopic (exact) mass is 690 g/mol. The van der Waals surface area contributed by atoms with Crippen molar-refractivity contribution in [3.05, 3.63) is 60.2 Å². The molecule has 0 bridgehead atoms. The van der Waals surface area contributed by atoms with Crippen molar-refractivity contribution in [3.8, 4) is 22.6 Å². The molecule has 0 atom stereocenters. The zero-order valence-corrected chi connectivity index (χ0v) is 28.5. The molecular weight excluding hydrogens is 649 g/mol. The Bertz CT molecular complexity index is 1900. The maximum absolute atomic E-state index is 13.6. The number of carbonyl (C=O) groups is 1. The Balaban J connectivity index is 1.14. The molecular formula is C37H41F3N6O4. The maximum atomic E-state index is 13.6. The molecule has 7 rings (SSSR count). The van der Waals surface area contributed by atoms with Gasteiger partial charge in [-0.2, -0.15) is 13.2 Å². The Morgan fingerprint density at radius 3 is 2.46 bits per heavy atom. The summed E-state index contributed by atoms with van der Waals surface area (Å²) in [6.07, 6.45) is 0.684. The third kappa shape index (κ3) is 6.62. The van der Waals surface area contributed by atoms with Crippen LogP contribution in [0.1, 0.15) is 51.0 Å². The van der Waals surface area contributed by atoms with E-state index in [2.05, 4.69) is 32.1 Å². The molecule has 50 heavy (non-hydrogen) atoms. The Kier molecular flexibility index (Phi) is 8.96. The molecule has 0 unspecified atom stereocenters. The van der Waals surface area contributed by atoms with Crippen LogP contribution in [0.25, 0.3) is 33.8 Å². The number of halogens is 3. The van der Waals surface area contributed by atoms with Crippen LogP contribution < -0.4 is 9.80 Å². The molecule has 2 fully saturated rings. The van der Waals surface area contributed by atoms with Crippen LogP contribution in [0, 0.1) is 5.41 Å². The number of nitrogens with zero attached hydrogens (tertiary/aromatic N) is 5. The third-order valence-corrected chi connectivity index (χ3v) is 10.3. The molecule has 1 saturated carbocycles. The number of hydrogen-bond donors (Lipinski definition) is 1. The van der Waals surface area contributed by atoms with Gasteiger partial charge in [0.05, 0.1) is 30.2 Å². The number of ether oxygens (including phenoxy) is 2. The lowest BCUT2D eigenvalue weighted by Crippen LogP contribution is -2.45. The van der Waals surface area contributed by atoms with Crippen LogP contribution in [-0.4, -0.2) is 79.2 Å². The lowest BCUT2D eigenvalue weighted by Gasteiger charge is -2.44. The molecule has 1 saturated heterocycles. The Morgan fingerprint density at radius 2 is 1.80 bits per heavy atom. The molecule has 10 nitrogen and oxygen atoms in total. The highest BCUT2D eigenvalue weighted by Crippen LogP contribution is 2.44. The summed E-state index contributed by atoms with van der Waals surface area (Å²) in [5, 5.41) is 4.03. The molecule has 1 spiro atoms. The van der Waals surface area contributed by atoms with Crippen LogP contribution in [-0.2, 0) is 25.3 Å². The minimum atomic E-state index is -4.47. The second-order valence-corrected chi connectivity index (χ2v) is 13.8. The molecule has 3 aliphatic rings. The number of aromatic amines is 1. The number of benzene rings is 2. The van der Waals surface area contributed by atoms with Gasteiger partial charge in [-0.15, -0.1) is 0 Å². The molecule has 0 radical (unpaired) electrons. The number of nitrogens with one attached hydrogen (secondary N) is 1. The van der Waals surface area contributed by atoms with Gasteiger partial charge in [0, 0.05) is 75.3 Å². The predicted octanol–water partition coefficient (Wildman–Crippen LogP) is 7.24. The molecule has 1 aliphatic carbocycles. The van der Waals surface area contributed by atoms with Crippen LogP contribution in [0.5, 0.6) is 0 Å². The molecule has 13 heteroatoms. The standard InChI is InChI=1S/C37H41F3N6O4/c1-4-49-34(47)29-21-36(50-44-29)15-17-46(18-16-36)27-11-9-24(10-12-27)32-42-31-30(45(2)22-35(23-48-3)13-6-14-35)20-28(41-33(31)43-32)25-7-5-8-26(19-25)37(38,39)40/h5,7-12,19-20H,4,6,13-18,21-23H2,1-3H3,(H,41,42,43). The molecule has 4 heterocycles. The van der Waals surface area contributed by atoms with Crippen molar-refractivity contribution in [2.24, 2.45) is 10.6 Å². The van der Waals surface area contributed by atoms with Crippen LogP contribution in [0.4, 0.5) is 24.5 Å². The fourth-order valence-electron chi connectivity index (χ4n) is 7.45. The van der Waals surface area contributed by atoms with Crippen LogP contribution in [0.15, 0.2) is 59.8 Å². The largest absolute Gasteiger partial charge is 0.461 e. The van der Waals surface area contributed by atoms with E-state index in [-0.39, 0.29) is 5.41 Å². The summed E-state index contributed by atoms with van der Waals surface area (Å²) >= 11 is 0. The minimum Gasteiger partial charge on any atom is -0.461 e. The fourth-order valence-corrected chi connectivity index (χ4v) is 7.45. The highest BCUT2D eigenvalue weighted by Gasteiger charge is 2.44. The lowest BCUT2D eigenvalue weighted by atomic mass is 9.69. The summed E-state index contributed by atoms with van der Waals surface area (Å²) in [6.45, 7) is 4.93. The van der Waals surface area contributed by atoms with Gasteiger partial charge in [0.2, 0.25) is 0 Å². The predicted molar refractivity (Wildman–Crippen MR) is 185 cm³/mol. The van der Waals surface area contributed by atoms with Crippen molar-refractivity contribution in [1.82, 2.24) is 15.0 Å². The highest BCUT2D eigenvalue weighted by molar-refractivity contribution is 6.36. The summed E-state index contributed by atoms with van der Waals surface area (Å²) in [4.78, 5) is 35.4. The number of methoxy groups -OCH3 is 1. The summed E-state index contributed by atoms with van der Waals surface area (Å²) in [5.41, 5.74) is 3.83. The van der Waals surface area contributed by atoms with Gasteiger partial charge in [0.25, 0.3) is 0 Å². The third-order valence-electron chi connectivity index (χ3n) is 10.3. The first-order chi connectivity index (χ1) is 24.0. The van der Waals surface area contributed by atoms with Crippen molar-refractivity contribution in [1.29, 1.82) is 0 Å². The van der Waals surface area contributed by atoms with Crippen LogP contribution in [0.3, 0.4) is 0 Å². The minimum absolute atomic E-state index is 0.0162. The number of H-pyrrole nitrogens is 1. The number of rotatable bonds is 10. The second kappa shape index (κ2) is 13.2. The van der Waals surface area contributed by atoms with E-state index in [0.29, 0.717) is 48.1 Å². The quantitative estimate of drug-likeness (QED) is 0.174. The zero-order chi connectivity index (χ0) is 35.1. The lowest BCUT2D eigenvalue weighted by molar-refractivity contribution is -0.137. The van der Waals surface area contributed by atoms with E-state index in [0.717, 1.165) is 86.3 Å². The number of anilines is 2. The smallest absolute Gasteiger partial charge is 0.416 e. The highest BCUT2D eigenvalue weighted by atomic mass is 19.4. The van der Waals surface area contributed by atoms with Gasteiger partial charge in [-0.1, -0.05) is 23.7 Å². The van der Waals surface area contributed by atoms with E-state index in [1.54, 1.807) is 20.1 Å². The normalized spacial score (nSPS) is 18.1. The molecule has 1 N–H and O–H groups in total. The first-order valence-electron chi connectivity index (χ1n) is 17.1. The summed E-state index contributed by atoms with van der Waals surface area (Å²) in [7, 11) is 3.71. The van der Waals surface area contributed by atoms with Gasteiger partial charge < -0.3 is 29.1 Å². The van der Waals surface area contributed by atoms with Crippen molar-refractivity contribution in [2.75, 3.05) is 56.8 Å². The molecule has 2 aromatic heterocycles. The van der Waals surface area contributed by atoms with E-state index in [4.69, 9.17) is 24.3 Å². The van der Waals surface area contributed by atoms with Crippen LogP contribution >= 0.6 is 0 Å². The summed E-state index contributed by atoms with van der Waals surface area (Å²) in [5.74, 6) is 0.202. The van der Waals surface area contributed by atoms with Gasteiger partial charge in [-0.05, 0) is 62.2 Å². The van der Waals surface area contributed by atoms with Gasteiger partial charge in [-0.25, -0.2) is 14.8 Å². The van der Waals surface area contributed by atoms with Gasteiger partial charge in [0.15, 0.2) is 11.4 Å². The number of aromatic nitrogens is 3. The molecule has 264 valence electrons. The first-order valence-corrected chi connectivity index (χ1v) is 17.1. The number of pyridine rings is 1. The summed E-state index contributed by atoms with van der Waals surface area (Å²) < 4.78 is 51.6. The van der Waals surface area contributed by atoms with Crippen LogP contribution in [0.2, 0.25) is 0 Å². The number of hydrogen-bond acceptors (Lipinski definition) is 9. The fraction of sp³-hybridized carbons (Fsp3) is 0.459. The first kappa shape index (κ1) is 33.8. The number of esters is 1. The Labute approximate surface area is 288 Å². The average Bonchev–Trinajstić information content (AvgIpc) is 3.72. The van der Waals surface area contributed by atoms with Crippen molar-refractivity contribution in [3.63, 3.8) is 0 Å². The summed E-state index contributed by atoms with van der Waals surface area (Å²) in [6, 6.07) is 15.2. The van der Waals surface area contributed by atoms with Gasteiger partial charge in [-0.3, -0.25) is 0 Å². The number of piperidine rings is 1. The number of oxime groups is 1. The van der Waals surface area contributed by atoms with E-state index in [9.17, 15) is 18.0 Å². The molecule has 2 aliphatic heterocycles. The van der Waals surface area contributed by atoms with E-state index in [1.807, 2.05) is 25.2 Å². The maximum Gasteiger partial charge on any atom is 0.416 e. The van der Waals surface area contributed by atoms with E-state index < -0.39 is 23.3 Å². The number of alkyl halides is 3. The Morgan fingerprint density at radius 1 is 1.04 bits per heavy atom. The second-order valence-electron chi connectivity index (χ2n) is 13.8. The van der Waals surface area contributed by atoms with Gasteiger partial charge in [0.1, 0.15) is 16.9 Å².